The molecule has 5 heteroatoms. The fraction of sp³-hybridized carbons (Fsp3) is 0.316. The second-order valence-electron chi connectivity index (χ2n) is 5.82. The summed E-state index contributed by atoms with van der Waals surface area (Å²) in [6.45, 7) is 2.15. The molecule has 0 atom stereocenters. The minimum absolute atomic E-state index is 0.183. The quantitative estimate of drug-likeness (QED) is 0.876. The summed E-state index contributed by atoms with van der Waals surface area (Å²) in [6.07, 6.45) is 2.45. The molecule has 2 aromatic carbocycles. The lowest BCUT2D eigenvalue weighted by atomic mass is 10.2. The van der Waals surface area contributed by atoms with Gasteiger partial charge in [0.2, 0.25) is 5.91 Å². The highest BCUT2D eigenvalue weighted by Crippen LogP contribution is 2.29. The third kappa shape index (κ3) is 4.25. The summed E-state index contributed by atoms with van der Waals surface area (Å²) in [6, 6.07) is 13.9. The normalized spacial score (nSPS) is 13.8. The molecule has 0 spiro atoms. The molecule has 1 N–H and O–H groups in total. The van der Waals surface area contributed by atoms with Crippen LogP contribution in [0, 0.1) is 5.82 Å². The third-order valence-electron chi connectivity index (χ3n) is 4.02. The lowest BCUT2D eigenvalue weighted by molar-refractivity contribution is -0.116. The number of carbonyl (C=O) groups excluding carboxylic acids is 1. The molecular formula is C19H21FN2O2. The first-order chi connectivity index (χ1) is 11.7. The maximum Gasteiger partial charge on any atom is 0.227 e. The van der Waals surface area contributed by atoms with Gasteiger partial charge in [0, 0.05) is 13.1 Å². The molecule has 0 bridgehead atoms. The Morgan fingerprint density at radius 3 is 2.62 bits per heavy atom. The van der Waals surface area contributed by atoms with Gasteiger partial charge in [-0.1, -0.05) is 18.2 Å². The van der Waals surface area contributed by atoms with Crippen LogP contribution in [0.5, 0.6) is 5.75 Å². The van der Waals surface area contributed by atoms with Crippen molar-refractivity contribution in [1.82, 2.24) is 0 Å². The molecule has 0 radical (unpaired) electrons. The monoisotopic (exact) mass is 328 g/mol. The second-order valence-corrected chi connectivity index (χ2v) is 5.82. The van der Waals surface area contributed by atoms with Crippen molar-refractivity contribution in [2.45, 2.75) is 19.3 Å². The fourth-order valence-electron chi connectivity index (χ4n) is 2.83. The number of nitrogens with one attached hydrogen (secondary N) is 1. The Morgan fingerprint density at radius 2 is 1.88 bits per heavy atom. The Balaban J connectivity index is 1.58. The average molecular weight is 328 g/mol. The summed E-state index contributed by atoms with van der Waals surface area (Å²) in [4.78, 5) is 14.3. The van der Waals surface area contributed by atoms with Gasteiger partial charge in [-0.2, -0.15) is 0 Å². The van der Waals surface area contributed by atoms with Gasteiger partial charge >= 0.3 is 0 Å². The molecule has 0 aromatic heterocycles. The van der Waals surface area contributed by atoms with Crippen LogP contribution in [-0.4, -0.2) is 25.6 Å². The zero-order valence-corrected chi connectivity index (χ0v) is 13.5. The van der Waals surface area contributed by atoms with E-state index in [4.69, 9.17) is 4.74 Å². The van der Waals surface area contributed by atoms with E-state index >= 15 is 0 Å². The van der Waals surface area contributed by atoms with Crippen LogP contribution < -0.4 is 15.0 Å². The molecule has 1 aliphatic rings. The number of hydrogen-bond acceptors (Lipinski definition) is 3. The topological polar surface area (TPSA) is 41.6 Å². The second kappa shape index (κ2) is 7.81. The van der Waals surface area contributed by atoms with Crippen LogP contribution in [0.1, 0.15) is 19.3 Å². The van der Waals surface area contributed by atoms with Gasteiger partial charge in [0.15, 0.2) is 0 Å². The van der Waals surface area contributed by atoms with Crippen molar-refractivity contribution in [2.24, 2.45) is 0 Å². The number of hydrogen-bond donors (Lipinski definition) is 1. The fourth-order valence-corrected chi connectivity index (χ4v) is 2.83. The average Bonchev–Trinajstić information content (AvgIpc) is 3.10. The smallest absolute Gasteiger partial charge is 0.227 e. The van der Waals surface area contributed by atoms with Crippen molar-refractivity contribution >= 4 is 17.3 Å². The van der Waals surface area contributed by atoms with Gasteiger partial charge in [0.1, 0.15) is 11.6 Å². The number of carbonyl (C=O) groups is 1. The molecule has 3 rings (SSSR count). The Morgan fingerprint density at radius 1 is 1.12 bits per heavy atom. The molecule has 4 nitrogen and oxygen atoms in total. The minimum atomic E-state index is -0.353. The van der Waals surface area contributed by atoms with Gasteiger partial charge in [-0.3, -0.25) is 4.79 Å². The molecule has 24 heavy (non-hydrogen) atoms. The van der Waals surface area contributed by atoms with E-state index in [1.165, 1.54) is 12.1 Å². The van der Waals surface area contributed by atoms with Gasteiger partial charge in [-0.25, -0.2) is 4.39 Å². The van der Waals surface area contributed by atoms with Crippen molar-refractivity contribution in [3.63, 3.8) is 0 Å². The first-order valence-corrected chi connectivity index (χ1v) is 8.24. The van der Waals surface area contributed by atoms with Crippen LogP contribution in [0.3, 0.4) is 0 Å². The SMILES string of the molecule is O=C(CCOc1ccccc1)Nc1cc(F)ccc1N1CCCC1. The van der Waals surface area contributed by atoms with Gasteiger partial charge in [0.25, 0.3) is 0 Å². The van der Waals surface area contributed by atoms with Crippen molar-refractivity contribution in [1.29, 1.82) is 0 Å². The van der Waals surface area contributed by atoms with Crippen molar-refractivity contribution < 1.29 is 13.9 Å². The molecule has 1 heterocycles. The lowest BCUT2D eigenvalue weighted by Gasteiger charge is -2.21. The number of halogens is 1. The van der Waals surface area contributed by atoms with E-state index in [1.54, 1.807) is 6.07 Å². The van der Waals surface area contributed by atoms with Crippen LogP contribution >= 0.6 is 0 Å². The third-order valence-corrected chi connectivity index (χ3v) is 4.02. The Bertz CT molecular complexity index is 685. The van der Waals surface area contributed by atoms with Crippen LogP contribution in [0.2, 0.25) is 0 Å². The number of nitrogens with zero attached hydrogens (tertiary/aromatic N) is 1. The van der Waals surface area contributed by atoms with E-state index in [9.17, 15) is 9.18 Å². The highest BCUT2D eigenvalue weighted by molar-refractivity contribution is 5.94. The number of benzene rings is 2. The molecule has 126 valence electrons. The van der Waals surface area contributed by atoms with Crippen LogP contribution in [0.15, 0.2) is 48.5 Å². The van der Waals surface area contributed by atoms with Crippen molar-refractivity contribution in [3.05, 3.63) is 54.3 Å². The Hall–Kier alpha value is -2.56. The number of ether oxygens (including phenoxy) is 1. The Kier molecular flexibility index (Phi) is 5.31. The van der Waals surface area contributed by atoms with Gasteiger partial charge in [-0.15, -0.1) is 0 Å². The van der Waals surface area contributed by atoms with Gasteiger partial charge in [-0.05, 0) is 43.2 Å². The molecule has 1 fully saturated rings. The maximum absolute atomic E-state index is 13.6. The van der Waals surface area contributed by atoms with Crippen molar-refractivity contribution in [2.75, 3.05) is 29.9 Å². The van der Waals surface area contributed by atoms with Crippen molar-refractivity contribution in [3.8, 4) is 5.75 Å². The van der Waals surface area contributed by atoms with E-state index in [0.29, 0.717) is 5.69 Å². The van der Waals surface area contributed by atoms with Crippen LogP contribution in [0.4, 0.5) is 15.8 Å². The highest BCUT2D eigenvalue weighted by Gasteiger charge is 2.17. The molecule has 0 unspecified atom stereocenters. The predicted octanol–water partition coefficient (Wildman–Crippen LogP) is 3.83. The number of anilines is 2. The molecule has 2 aromatic rings. The van der Waals surface area contributed by atoms with E-state index in [1.807, 2.05) is 30.3 Å². The zero-order chi connectivity index (χ0) is 16.8. The summed E-state index contributed by atoms with van der Waals surface area (Å²) in [5.41, 5.74) is 1.41. The maximum atomic E-state index is 13.6. The van der Waals surface area contributed by atoms with Gasteiger partial charge < -0.3 is 15.0 Å². The molecule has 1 amide bonds. The summed E-state index contributed by atoms with van der Waals surface area (Å²) in [7, 11) is 0. The first-order valence-electron chi connectivity index (χ1n) is 8.24. The predicted molar refractivity (Wildman–Crippen MR) is 93.0 cm³/mol. The summed E-state index contributed by atoms with van der Waals surface area (Å²) in [5.74, 6) is 0.194. The first kappa shape index (κ1) is 16.3. The van der Waals surface area contributed by atoms with Gasteiger partial charge in [0.05, 0.1) is 24.4 Å². The largest absolute Gasteiger partial charge is 0.493 e. The zero-order valence-electron chi connectivity index (χ0n) is 13.5. The minimum Gasteiger partial charge on any atom is -0.493 e. The van der Waals surface area contributed by atoms with E-state index in [-0.39, 0.29) is 24.8 Å². The van der Waals surface area contributed by atoms with Crippen LogP contribution in [-0.2, 0) is 4.79 Å². The van der Waals surface area contributed by atoms with E-state index < -0.39 is 0 Å². The number of rotatable bonds is 6. The summed E-state index contributed by atoms with van der Waals surface area (Å²) < 4.78 is 19.1. The molecular weight excluding hydrogens is 307 g/mol. The number of amides is 1. The molecule has 1 saturated heterocycles. The van der Waals surface area contributed by atoms with E-state index in [2.05, 4.69) is 10.2 Å². The summed E-state index contributed by atoms with van der Waals surface area (Å²) >= 11 is 0. The standard InChI is InChI=1S/C19H21FN2O2/c20-15-8-9-18(22-11-4-5-12-22)17(14-15)21-19(23)10-13-24-16-6-2-1-3-7-16/h1-3,6-9,14H,4-5,10-13H2,(H,21,23). The highest BCUT2D eigenvalue weighted by atomic mass is 19.1. The number of para-hydroxylation sites is 1. The summed E-state index contributed by atoms with van der Waals surface area (Å²) in [5, 5.41) is 2.81. The Labute approximate surface area is 141 Å². The molecule has 0 aliphatic carbocycles. The van der Waals surface area contributed by atoms with Crippen LogP contribution in [0.25, 0.3) is 0 Å². The lowest BCUT2D eigenvalue weighted by Crippen LogP contribution is -2.22. The molecule has 1 aliphatic heterocycles. The molecule has 0 saturated carbocycles. The van der Waals surface area contributed by atoms with E-state index in [0.717, 1.165) is 37.4 Å².